The Hall–Kier alpha value is -1.44. The summed E-state index contributed by atoms with van der Waals surface area (Å²) in [6, 6.07) is 0. The van der Waals surface area contributed by atoms with Gasteiger partial charge in [0.25, 0.3) is 0 Å². The van der Waals surface area contributed by atoms with Crippen LogP contribution in [0.25, 0.3) is 11.2 Å². The predicted octanol–water partition coefficient (Wildman–Crippen LogP) is -0.179. The second kappa shape index (κ2) is 6.48. The SMILES string of the molecule is Cl.[2H]C([2H])(C(CO)CO)C([2H])([2H])n1cnc2cnc(N)nc21. The molecule has 18 heavy (non-hydrogen) atoms. The van der Waals surface area contributed by atoms with E-state index in [0.717, 1.165) is 10.9 Å². The molecular weight excluding hydrogens is 258 g/mol. The number of aryl methyl sites for hydroxylation is 1. The van der Waals surface area contributed by atoms with Gasteiger partial charge in [0.1, 0.15) is 5.52 Å². The van der Waals surface area contributed by atoms with E-state index in [1.807, 2.05) is 0 Å². The lowest BCUT2D eigenvalue weighted by atomic mass is 10.1. The Bertz CT molecular complexity index is 649. The molecule has 0 radical (unpaired) electrons. The van der Waals surface area contributed by atoms with Crippen molar-refractivity contribution in [1.29, 1.82) is 0 Å². The van der Waals surface area contributed by atoms with Gasteiger partial charge in [-0.05, 0) is 6.37 Å². The third kappa shape index (κ3) is 3.06. The molecule has 2 aromatic heterocycles. The number of nitrogens with two attached hydrogens (primary N) is 1. The molecule has 0 aliphatic heterocycles. The van der Waals surface area contributed by atoms with Gasteiger partial charge in [-0.2, -0.15) is 4.98 Å². The van der Waals surface area contributed by atoms with Crippen molar-refractivity contribution >= 4 is 29.5 Å². The summed E-state index contributed by atoms with van der Waals surface area (Å²) < 4.78 is 32.9. The monoisotopic (exact) mass is 277 g/mol. The fourth-order valence-electron chi connectivity index (χ4n) is 1.21. The predicted molar refractivity (Wildman–Crippen MR) is 69.3 cm³/mol. The summed E-state index contributed by atoms with van der Waals surface area (Å²) in [4.78, 5) is 11.5. The van der Waals surface area contributed by atoms with Crippen LogP contribution in [0.15, 0.2) is 12.5 Å². The molecule has 0 aliphatic rings. The van der Waals surface area contributed by atoms with Crippen LogP contribution in [0, 0.1) is 5.92 Å². The van der Waals surface area contributed by atoms with E-state index in [9.17, 15) is 0 Å². The second-order valence-corrected chi connectivity index (χ2v) is 3.37. The summed E-state index contributed by atoms with van der Waals surface area (Å²) >= 11 is 0. The van der Waals surface area contributed by atoms with Crippen molar-refractivity contribution in [2.24, 2.45) is 5.92 Å². The number of anilines is 1. The first-order valence-electron chi connectivity index (χ1n) is 6.93. The van der Waals surface area contributed by atoms with E-state index in [4.69, 9.17) is 21.4 Å². The smallest absolute Gasteiger partial charge is 0.222 e. The molecule has 0 aliphatic carbocycles. The average Bonchev–Trinajstić information content (AvgIpc) is 2.82. The normalized spacial score (nSPS) is 15.7. The Balaban J connectivity index is 0.00000242. The highest BCUT2D eigenvalue weighted by Gasteiger charge is 2.09. The van der Waals surface area contributed by atoms with Gasteiger partial charge in [-0.15, -0.1) is 12.4 Å². The third-order valence-corrected chi connectivity index (χ3v) is 2.14. The maximum atomic E-state index is 9.14. The largest absolute Gasteiger partial charge is 0.396 e. The lowest BCUT2D eigenvalue weighted by Gasteiger charge is -2.10. The number of fused-ring (bicyclic) bond motifs is 1. The number of aliphatic hydroxyl groups excluding tert-OH is 2. The Kier molecular flexibility index (Phi) is 3.42. The molecule has 0 unspecified atom stereocenters. The maximum Gasteiger partial charge on any atom is 0.222 e. The third-order valence-electron chi connectivity index (χ3n) is 2.14. The molecule has 0 amide bonds. The zero-order chi connectivity index (χ0) is 15.8. The molecule has 8 heteroatoms. The zero-order valence-corrected chi connectivity index (χ0v) is 10.1. The van der Waals surface area contributed by atoms with Crippen molar-refractivity contribution in [3.63, 3.8) is 0 Å². The number of aromatic nitrogens is 4. The minimum absolute atomic E-state index is 0. The van der Waals surface area contributed by atoms with Crippen LogP contribution in [0.1, 0.15) is 11.9 Å². The van der Waals surface area contributed by atoms with Crippen LogP contribution in [0.2, 0.25) is 0 Å². The van der Waals surface area contributed by atoms with Crippen molar-refractivity contribution in [3.05, 3.63) is 12.5 Å². The first kappa shape index (κ1) is 9.48. The molecular formula is C10H16ClN5O2. The summed E-state index contributed by atoms with van der Waals surface area (Å²) in [7, 11) is 0. The van der Waals surface area contributed by atoms with Gasteiger partial charge in [-0.25, -0.2) is 9.97 Å². The molecule has 0 aromatic carbocycles. The van der Waals surface area contributed by atoms with Crippen molar-refractivity contribution in [3.8, 4) is 0 Å². The summed E-state index contributed by atoms with van der Waals surface area (Å²) in [5, 5.41) is 18.3. The summed E-state index contributed by atoms with van der Waals surface area (Å²) in [6.07, 6.45) is -0.179. The molecule has 0 atom stereocenters. The highest BCUT2D eigenvalue weighted by Crippen LogP contribution is 2.12. The number of halogens is 1. The van der Waals surface area contributed by atoms with Crippen molar-refractivity contribution in [2.75, 3.05) is 18.9 Å². The van der Waals surface area contributed by atoms with E-state index >= 15 is 0 Å². The molecule has 0 saturated carbocycles. The van der Waals surface area contributed by atoms with Gasteiger partial charge in [0.05, 0.1) is 12.5 Å². The highest BCUT2D eigenvalue weighted by atomic mass is 35.5. The molecule has 0 fully saturated rings. The molecule has 4 N–H and O–H groups in total. The molecule has 2 aromatic rings. The van der Waals surface area contributed by atoms with E-state index in [0.29, 0.717) is 0 Å². The lowest BCUT2D eigenvalue weighted by Crippen LogP contribution is -2.14. The number of nitrogen functional groups attached to an aromatic ring is 1. The second-order valence-electron chi connectivity index (χ2n) is 3.37. The van der Waals surface area contributed by atoms with Gasteiger partial charge in [0, 0.05) is 31.1 Å². The molecule has 0 spiro atoms. The van der Waals surface area contributed by atoms with Crippen LogP contribution in [0.4, 0.5) is 5.95 Å². The van der Waals surface area contributed by atoms with Gasteiger partial charge in [-0.3, -0.25) is 0 Å². The minimum Gasteiger partial charge on any atom is -0.396 e. The highest BCUT2D eigenvalue weighted by molar-refractivity contribution is 5.85. The number of nitrogens with zero attached hydrogens (tertiary/aromatic N) is 4. The Morgan fingerprint density at radius 3 is 2.78 bits per heavy atom. The summed E-state index contributed by atoms with van der Waals surface area (Å²) in [5.74, 6) is -1.40. The quantitative estimate of drug-likeness (QED) is 0.699. The zero-order valence-electron chi connectivity index (χ0n) is 13.3. The Morgan fingerprint density at radius 2 is 2.11 bits per heavy atom. The fourth-order valence-corrected chi connectivity index (χ4v) is 1.21. The van der Waals surface area contributed by atoms with Crippen LogP contribution in [0.3, 0.4) is 0 Å². The topological polar surface area (TPSA) is 110 Å². The molecule has 0 bridgehead atoms. The van der Waals surface area contributed by atoms with Gasteiger partial charge in [0.15, 0.2) is 5.65 Å². The molecule has 2 heterocycles. The first-order chi connectivity index (χ1) is 9.75. The Labute approximate surface area is 116 Å². The Morgan fingerprint density at radius 1 is 1.39 bits per heavy atom. The van der Waals surface area contributed by atoms with Crippen molar-refractivity contribution in [1.82, 2.24) is 19.5 Å². The van der Waals surface area contributed by atoms with Gasteiger partial charge in [-0.1, -0.05) is 0 Å². The van der Waals surface area contributed by atoms with Crippen LogP contribution in [0.5, 0.6) is 0 Å². The molecule has 2 rings (SSSR count). The van der Waals surface area contributed by atoms with E-state index < -0.39 is 32.0 Å². The molecule has 7 nitrogen and oxygen atoms in total. The fraction of sp³-hybridized carbons (Fsp3) is 0.500. The minimum atomic E-state index is -2.61. The van der Waals surface area contributed by atoms with E-state index in [1.165, 1.54) is 6.20 Å². The average molecular weight is 278 g/mol. The van der Waals surface area contributed by atoms with E-state index in [1.54, 1.807) is 0 Å². The number of aliphatic hydroxyl groups is 2. The number of rotatable bonds is 5. The lowest BCUT2D eigenvalue weighted by molar-refractivity contribution is 0.140. The summed E-state index contributed by atoms with van der Waals surface area (Å²) in [6.45, 7) is -4.02. The van der Waals surface area contributed by atoms with Crippen LogP contribution >= 0.6 is 12.4 Å². The first-order valence-corrected chi connectivity index (χ1v) is 4.93. The van der Waals surface area contributed by atoms with E-state index in [2.05, 4.69) is 15.0 Å². The number of hydrogen-bond acceptors (Lipinski definition) is 6. The summed E-state index contributed by atoms with van der Waals surface area (Å²) in [5.41, 5.74) is 5.75. The van der Waals surface area contributed by atoms with Gasteiger partial charge >= 0.3 is 0 Å². The molecule has 100 valence electrons. The van der Waals surface area contributed by atoms with Crippen molar-refractivity contribution in [2.45, 2.75) is 12.9 Å². The van der Waals surface area contributed by atoms with E-state index in [-0.39, 0.29) is 29.5 Å². The molecule has 0 saturated heterocycles. The standard InChI is InChI=1S/C10H15N5O2.ClH/c11-10-12-3-8-9(14-10)15(6-13-8)2-1-7(4-16)5-17;/h3,6-7,16-17H,1-2,4-5H2,(H2,11,12,14);1H/i1D2,2D2;. The maximum absolute atomic E-state index is 9.14. The van der Waals surface area contributed by atoms with Gasteiger partial charge < -0.3 is 20.5 Å². The number of hydrogen-bond donors (Lipinski definition) is 3. The van der Waals surface area contributed by atoms with Gasteiger partial charge in [0.2, 0.25) is 5.95 Å². The van der Waals surface area contributed by atoms with Crippen LogP contribution in [-0.2, 0) is 6.50 Å². The number of imidazole rings is 1. The van der Waals surface area contributed by atoms with Crippen LogP contribution < -0.4 is 5.73 Å². The van der Waals surface area contributed by atoms with Crippen LogP contribution in [-0.4, -0.2) is 42.9 Å². The van der Waals surface area contributed by atoms with Crippen molar-refractivity contribution < 1.29 is 15.7 Å².